The van der Waals surface area contributed by atoms with E-state index in [1.165, 1.54) is 6.21 Å². The molecule has 0 saturated carbocycles. The number of benzene rings is 1. The Hall–Kier alpha value is -2.43. The number of nitrogens with zero attached hydrogens (tertiary/aromatic N) is 3. The van der Waals surface area contributed by atoms with Crippen molar-refractivity contribution in [2.24, 2.45) is 5.16 Å². The van der Waals surface area contributed by atoms with Gasteiger partial charge in [-0.2, -0.15) is 0 Å². The van der Waals surface area contributed by atoms with E-state index in [2.05, 4.69) is 20.4 Å². The molecule has 0 aliphatic carbocycles. The van der Waals surface area contributed by atoms with Crippen molar-refractivity contribution in [1.29, 1.82) is 0 Å². The van der Waals surface area contributed by atoms with Crippen molar-refractivity contribution < 1.29 is 5.21 Å². The van der Waals surface area contributed by atoms with E-state index in [4.69, 9.17) is 5.21 Å². The molecule has 0 amide bonds. The van der Waals surface area contributed by atoms with Crippen LogP contribution in [0.5, 0.6) is 0 Å². The minimum absolute atomic E-state index is 0.462. The smallest absolute Gasteiger partial charge is 0.227 e. The summed E-state index contributed by atoms with van der Waals surface area (Å²) in [5, 5.41) is 14.3. The average molecular weight is 214 g/mol. The number of rotatable bonds is 3. The standard InChI is InChI=1S/C11H10N4O/c16-13-8-10-6-7-12-11(15-10)14-9-4-2-1-3-5-9/h1-8,16H,(H,12,14,15)/b13-8+. The maximum absolute atomic E-state index is 8.39. The van der Waals surface area contributed by atoms with Crippen LogP contribution in [0.15, 0.2) is 47.8 Å². The van der Waals surface area contributed by atoms with Gasteiger partial charge in [0.2, 0.25) is 5.95 Å². The summed E-state index contributed by atoms with van der Waals surface area (Å²) < 4.78 is 0. The maximum Gasteiger partial charge on any atom is 0.227 e. The Bertz CT molecular complexity index is 484. The van der Waals surface area contributed by atoms with Crippen molar-refractivity contribution in [1.82, 2.24) is 9.97 Å². The molecular formula is C11H10N4O. The predicted molar refractivity (Wildman–Crippen MR) is 61.1 cm³/mol. The topological polar surface area (TPSA) is 70.4 Å². The molecule has 0 spiro atoms. The zero-order valence-corrected chi connectivity index (χ0v) is 8.41. The first-order chi connectivity index (χ1) is 7.88. The first kappa shape index (κ1) is 10.1. The predicted octanol–water partition coefficient (Wildman–Crippen LogP) is 2.03. The van der Waals surface area contributed by atoms with Crippen molar-refractivity contribution in [2.75, 3.05) is 5.32 Å². The van der Waals surface area contributed by atoms with Crippen molar-refractivity contribution in [3.05, 3.63) is 48.3 Å². The zero-order valence-electron chi connectivity index (χ0n) is 8.41. The minimum Gasteiger partial charge on any atom is -0.411 e. The highest BCUT2D eigenvalue weighted by atomic mass is 16.4. The molecule has 0 atom stereocenters. The third-order valence-corrected chi connectivity index (χ3v) is 1.90. The largest absolute Gasteiger partial charge is 0.411 e. The molecule has 0 aliphatic rings. The fraction of sp³-hybridized carbons (Fsp3) is 0. The van der Waals surface area contributed by atoms with Gasteiger partial charge in [-0.15, -0.1) is 0 Å². The van der Waals surface area contributed by atoms with Crippen LogP contribution in [0.2, 0.25) is 0 Å². The van der Waals surface area contributed by atoms with E-state index in [0.717, 1.165) is 5.69 Å². The second-order valence-electron chi connectivity index (χ2n) is 3.04. The summed E-state index contributed by atoms with van der Waals surface area (Å²) in [4.78, 5) is 8.18. The molecule has 0 saturated heterocycles. The SMILES string of the molecule is O/N=C/c1ccnc(Nc2ccccc2)n1. The van der Waals surface area contributed by atoms with Crippen LogP contribution < -0.4 is 5.32 Å². The highest BCUT2D eigenvalue weighted by Gasteiger charge is 1.97. The summed E-state index contributed by atoms with van der Waals surface area (Å²) in [6.45, 7) is 0. The number of nitrogens with one attached hydrogen (secondary N) is 1. The van der Waals surface area contributed by atoms with E-state index in [9.17, 15) is 0 Å². The third-order valence-electron chi connectivity index (χ3n) is 1.90. The van der Waals surface area contributed by atoms with Crippen LogP contribution in [0.3, 0.4) is 0 Å². The lowest BCUT2D eigenvalue weighted by molar-refractivity contribution is 0.321. The lowest BCUT2D eigenvalue weighted by atomic mass is 10.3. The van der Waals surface area contributed by atoms with E-state index in [1.807, 2.05) is 30.3 Å². The van der Waals surface area contributed by atoms with Gasteiger partial charge >= 0.3 is 0 Å². The van der Waals surface area contributed by atoms with Gasteiger partial charge in [0, 0.05) is 11.9 Å². The van der Waals surface area contributed by atoms with Crippen molar-refractivity contribution in [2.45, 2.75) is 0 Å². The van der Waals surface area contributed by atoms with Crippen molar-refractivity contribution >= 4 is 17.9 Å². The number of hydrogen-bond acceptors (Lipinski definition) is 5. The number of oxime groups is 1. The number of aromatic nitrogens is 2. The highest BCUT2D eigenvalue weighted by Crippen LogP contribution is 2.10. The molecule has 1 aromatic heterocycles. The Morgan fingerprint density at radius 1 is 1.19 bits per heavy atom. The molecule has 0 bridgehead atoms. The minimum atomic E-state index is 0.462. The monoisotopic (exact) mass is 214 g/mol. The van der Waals surface area contributed by atoms with Crippen LogP contribution in [-0.2, 0) is 0 Å². The average Bonchev–Trinajstić information content (AvgIpc) is 2.31. The molecule has 1 heterocycles. The molecule has 2 aromatic rings. The van der Waals surface area contributed by atoms with Crippen LogP contribution in [0, 0.1) is 0 Å². The van der Waals surface area contributed by atoms with Crippen LogP contribution in [-0.4, -0.2) is 21.4 Å². The van der Waals surface area contributed by atoms with Crippen LogP contribution in [0.1, 0.15) is 5.69 Å². The molecule has 5 nitrogen and oxygen atoms in total. The molecule has 0 aliphatic heterocycles. The van der Waals surface area contributed by atoms with Gasteiger partial charge in [-0.25, -0.2) is 9.97 Å². The van der Waals surface area contributed by atoms with Crippen LogP contribution in [0.25, 0.3) is 0 Å². The normalized spacial score (nSPS) is 10.5. The van der Waals surface area contributed by atoms with E-state index >= 15 is 0 Å². The van der Waals surface area contributed by atoms with Gasteiger partial charge in [-0.05, 0) is 18.2 Å². The lowest BCUT2D eigenvalue weighted by Gasteiger charge is -2.03. The van der Waals surface area contributed by atoms with Crippen LogP contribution in [0.4, 0.5) is 11.6 Å². The summed E-state index contributed by atoms with van der Waals surface area (Å²) in [6, 6.07) is 11.2. The number of hydrogen-bond donors (Lipinski definition) is 2. The van der Waals surface area contributed by atoms with E-state index < -0.39 is 0 Å². The highest BCUT2D eigenvalue weighted by molar-refractivity contribution is 5.76. The Kier molecular flexibility index (Phi) is 3.08. The van der Waals surface area contributed by atoms with Crippen molar-refractivity contribution in [3.8, 4) is 0 Å². The molecule has 0 radical (unpaired) electrons. The Labute approximate surface area is 92.5 Å². The molecule has 0 fully saturated rings. The van der Waals surface area contributed by atoms with E-state index in [-0.39, 0.29) is 0 Å². The summed E-state index contributed by atoms with van der Waals surface area (Å²) in [5.41, 5.74) is 1.44. The first-order valence-electron chi connectivity index (χ1n) is 4.71. The summed E-state index contributed by atoms with van der Waals surface area (Å²) in [5.74, 6) is 0.462. The molecule has 80 valence electrons. The molecule has 2 rings (SSSR count). The fourth-order valence-corrected chi connectivity index (χ4v) is 1.21. The van der Waals surface area contributed by atoms with Gasteiger partial charge in [-0.1, -0.05) is 23.4 Å². The summed E-state index contributed by atoms with van der Waals surface area (Å²) in [6.07, 6.45) is 2.84. The fourth-order valence-electron chi connectivity index (χ4n) is 1.21. The quantitative estimate of drug-likeness (QED) is 0.466. The van der Waals surface area contributed by atoms with Gasteiger partial charge in [0.25, 0.3) is 0 Å². The lowest BCUT2D eigenvalue weighted by Crippen LogP contribution is -1.98. The van der Waals surface area contributed by atoms with Crippen molar-refractivity contribution in [3.63, 3.8) is 0 Å². The van der Waals surface area contributed by atoms with Gasteiger partial charge in [-0.3, -0.25) is 0 Å². The summed E-state index contributed by atoms with van der Waals surface area (Å²) >= 11 is 0. The molecule has 2 N–H and O–H groups in total. The zero-order chi connectivity index (χ0) is 11.2. The van der Waals surface area contributed by atoms with Gasteiger partial charge in [0.15, 0.2) is 0 Å². The van der Waals surface area contributed by atoms with E-state index in [0.29, 0.717) is 11.6 Å². The summed E-state index contributed by atoms with van der Waals surface area (Å²) in [7, 11) is 0. The van der Waals surface area contributed by atoms with Gasteiger partial charge in [0.05, 0.1) is 11.9 Å². The molecule has 0 unspecified atom stereocenters. The Morgan fingerprint density at radius 2 is 2.00 bits per heavy atom. The number of para-hydroxylation sites is 1. The first-order valence-corrected chi connectivity index (χ1v) is 4.71. The molecular weight excluding hydrogens is 204 g/mol. The molecule has 5 heteroatoms. The van der Waals surface area contributed by atoms with Gasteiger partial charge in [0.1, 0.15) is 0 Å². The number of anilines is 2. The van der Waals surface area contributed by atoms with Gasteiger partial charge < -0.3 is 10.5 Å². The Morgan fingerprint density at radius 3 is 2.75 bits per heavy atom. The second-order valence-corrected chi connectivity index (χ2v) is 3.04. The maximum atomic E-state index is 8.39. The van der Waals surface area contributed by atoms with E-state index in [1.54, 1.807) is 12.3 Å². The molecule has 16 heavy (non-hydrogen) atoms. The third kappa shape index (κ3) is 2.54. The van der Waals surface area contributed by atoms with Crippen LogP contribution >= 0.6 is 0 Å². The second kappa shape index (κ2) is 4.88. The Balaban J connectivity index is 2.19. The molecule has 1 aromatic carbocycles.